The van der Waals surface area contributed by atoms with Gasteiger partial charge < -0.3 is 10.1 Å². The summed E-state index contributed by atoms with van der Waals surface area (Å²) in [6.45, 7) is -0.248. The minimum atomic E-state index is -0.397. The average molecular weight is 314 g/mol. The van der Waals surface area contributed by atoms with Gasteiger partial charge in [0.05, 0.1) is 18.9 Å². The highest BCUT2D eigenvalue weighted by Crippen LogP contribution is 2.34. The van der Waals surface area contributed by atoms with Gasteiger partial charge in [-0.05, 0) is 25.0 Å². The van der Waals surface area contributed by atoms with Gasteiger partial charge in [-0.1, -0.05) is 18.2 Å². The standard InChI is InChI=1S/C17H18N2O4/c1-23-12-6-4-5-11(9-12)18-15(20)10-19-16(21)13-7-2-3-8-14(13)17(19)22/h2-6,9,13-14H,7-8,10H2,1H3,(H,18,20)/t13-,14-/m1/s1. The van der Waals surface area contributed by atoms with Crippen LogP contribution in [0.1, 0.15) is 12.8 Å². The number of amides is 3. The van der Waals surface area contributed by atoms with Gasteiger partial charge in [0.2, 0.25) is 17.7 Å². The highest BCUT2D eigenvalue weighted by atomic mass is 16.5. The number of carbonyl (C=O) groups excluding carboxylic acids is 3. The van der Waals surface area contributed by atoms with Gasteiger partial charge in [0.1, 0.15) is 12.3 Å². The van der Waals surface area contributed by atoms with E-state index in [1.54, 1.807) is 24.3 Å². The van der Waals surface area contributed by atoms with Crippen molar-refractivity contribution in [2.75, 3.05) is 19.0 Å². The molecule has 2 aliphatic rings. The van der Waals surface area contributed by atoms with Crippen LogP contribution < -0.4 is 10.1 Å². The summed E-state index contributed by atoms with van der Waals surface area (Å²) in [5.41, 5.74) is 0.563. The zero-order chi connectivity index (χ0) is 16.4. The number of hydrogen-bond donors (Lipinski definition) is 1. The number of hydrogen-bond acceptors (Lipinski definition) is 4. The van der Waals surface area contributed by atoms with Crippen molar-refractivity contribution in [2.24, 2.45) is 11.8 Å². The van der Waals surface area contributed by atoms with Crippen molar-refractivity contribution in [2.45, 2.75) is 12.8 Å². The van der Waals surface area contributed by atoms with Crippen molar-refractivity contribution in [3.05, 3.63) is 36.4 Å². The Morgan fingerprint density at radius 1 is 1.22 bits per heavy atom. The average Bonchev–Trinajstić information content (AvgIpc) is 2.80. The number of anilines is 1. The summed E-state index contributed by atoms with van der Waals surface area (Å²) in [5, 5.41) is 2.69. The van der Waals surface area contributed by atoms with E-state index in [0.717, 1.165) is 4.90 Å². The molecule has 0 saturated carbocycles. The lowest BCUT2D eigenvalue weighted by molar-refractivity contribution is -0.142. The highest BCUT2D eigenvalue weighted by Gasteiger charge is 2.47. The Morgan fingerprint density at radius 2 is 1.87 bits per heavy atom. The SMILES string of the molecule is COc1cccc(NC(=O)CN2C(=O)[C@@H]3CC=CC[C@H]3C2=O)c1. The minimum Gasteiger partial charge on any atom is -0.497 e. The third kappa shape index (κ3) is 2.97. The van der Waals surface area contributed by atoms with E-state index in [1.807, 2.05) is 12.2 Å². The summed E-state index contributed by atoms with van der Waals surface area (Å²) in [7, 11) is 1.54. The molecule has 1 aliphatic heterocycles. The molecule has 6 nitrogen and oxygen atoms in total. The molecule has 23 heavy (non-hydrogen) atoms. The van der Waals surface area contributed by atoms with Crippen LogP contribution in [0.5, 0.6) is 5.75 Å². The van der Waals surface area contributed by atoms with Crippen LogP contribution in [0.15, 0.2) is 36.4 Å². The Labute approximate surface area is 134 Å². The first-order valence-corrected chi connectivity index (χ1v) is 7.54. The number of nitrogens with one attached hydrogen (secondary N) is 1. The van der Waals surface area contributed by atoms with Crippen molar-refractivity contribution in [3.63, 3.8) is 0 Å². The van der Waals surface area contributed by atoms with Crippen LogP contribution >= 0.6 is 0 Å². The summed E-state index contributed by atoms with van der Waals surface area (Å²) < 4.78 is 5.09. The fourth-order valence-corrected chi connectivity index (χ4v) is 3.07. The van der Waals surface area contributed by atoms with Crippen LogP contribution in [0.25, 0.3) is 0 Å². The number of ether oxygens (including phenoxy) is 1. The molecule has 0 spiro atoms. The molecule has 120 valence electrons. The molecule has 1 N–H and O–H groups in total. The largest absolute Gasteiger partial charge is 0.497 e. The molecule has 1 aliphatic carbocycles. The summed E-state index contributed by atoms with van der Waals surface area (Å²) in [4.78, 5) is 37.9. The molecule has 3 amide bonds. The molecule has 3 rings (SSSR count). The first-order chi connectivity index (χ1) is 11.1. The van der Waals surface area contributed by atoms with E-state index in [1.165, 1.54) is 7.11 Å². The van der Waals surface area contributed by atoms with E-state index in [4.69, 9.17) is 4.74 Å². The molecule has 0 bridgehead atoms. The lowest BCUT2D eigenvalue weighted by Gasteiger charge is -2.14. The fourth-order valence-electron chi connectivity index (χ4n) is 3.07. The molecule has 0 radical (unpaired) electrons. The highest BCUT2D eigenvalue weighted by molar-refractivity contribution is 6.08. The quantitative estimate of drug-likeness (QED) is 0.676. The number of benzene rings is 1. The predicted octanol–water partition coefficient (Wildman–Crippen LogP) is 1.58. The molecule has 1 aromatic rings. The number of likely N-dealkylation sites (tertiary alicyclic amines) is 1. The summed E-state index contributed by atoms with van der Waals surface area (Å²) >= 11 is 0. The van der Waals surface area contributed by atoms with Crippen molar-refractivity contribution < 1.29 is 19.1 Å². The Bertz CT molecular complexity index is 657. The van der Waals surface area contributed by atoms with Crippen LogP contribution in [0.3, 0.4) is 0 Å². The van der Waals surface area contributed by atoms with Crippen LogP contribution in [0, 0.1) is 11.8 Å². The smallest absolute Gasteiger partial charge is 0.244 e. The van der Waals surface area contributed by atoms with Crippen LogP contribution in [-0.4, -0.2) is 36.3 Å². The number of fused-ring (bicyclic) bond motifs is 1. The predicted molar refractivity (Wildman–Crippen MR) is 83.7 cm³/mol. The Hall–Kier alpha value is -2.63. The molecule has 1 saturated heterocycles. The Morgan fingerprint density at radius 3 is 2.48 bits per heavy atom. The first-order valence-electron chi connectivity index (χ1n) is 7.54. The molecule has 6 heteroatoms. The first kappa shape index (κ1) is 15.3. The molecular weight excluding hydrogens is 296 g/mol. The molecule has 1 aromatic carbocycles. The normalized spacial score (nSPS) is 22.9. The van der Waals surface area contributed by atoms with Crippen molar-refractivity contribution in [1.82, 2.24) is 4.90 Å². The molecule has 0 unspecified atom stereocenters. The maximum absolute atomic E-state index is 12.3. The van der Waals surface area contributed by atoms with Crippen molar-refractivity contribution >= 4 is 23.4 Å². The lowest BCUT2D eigenvalue weighted by atomic mass is 9.85. The lowest BCUT2D eigenvalue weighted by Crippen LogP contribution is -2.38. The third-order valence-electron chi connectivity index (χ3n) is 4.25. The van der Waals surface area contributed by atoms with Gasteiger partial charge in [0, 0.05) is 11.8 Å². The van der Waals surface area contributed by atoms with Crippen LogP contribution in [0.4, 0.5) is 5.69 Å². The topological polar surface area (TPSA) is 75.7 Å². The van der Waals surface area contributed by atoms with Gasteiger partial charge in [-0.3, -0.25) is 19.3 Å². The number of carbonyl (C=O) groups is 3. The maximum atomic E-state index is 12.3. The van der Waals surface area contributed by atoms with Gasteiger partial charge in [-0.2, -0.15) is 0 Å². The van der Waals surface area contributed by atoms with Crippen LogP contribution in [0.2, 0.25) is 0 Å². The summed E-state index contributed by atoms with van der Waals surface area (Å²) in [5.74, 6) is -0.885. The van der Waals surface area contributed by atoms with Crippen molar-refractivity contribution in [3.8, 4) is 5.75 Å². The minimum absolute atomic E-state index is 0.245. The number of allylic oxidation sites excluding steroid dienone is 2. The monoisotopic (exact) mass is 314 g/mol. The molecule has 0 aromatic heterocycles. The Kier molecular flexibility index (Phi) is 4.14. The zero-order valence-electron chi connectivity index (χ0n) is 12.8. The molecular formula is C17H18N2O4. The second-order valence-electron chi connectivity index (χ2n) is 5.70. The van der Waals surface area contributed by atoms with Crippen LogP contribution in [-0.2, 0) is 14.4 Å². The van der Waals surface area contributed by atoms with E-state index in [2.05, 4.69) is 5.32 Å². The van der Waals surface area contributed by atoms with E-state index in [-0.39, 0.29) is 30.2 Å². The van der Waals surface area contributed by atoms with Gasteiger partial charge >= 0.3 is 0 Å². The van der Waals surface area contributed by atoms with E-state index in [9.17, 15) is 14.4 Å². The molecule has 1 heterocycles. The van der Waals surface area contributed by atoms with Gasteiger partial charge in [-0.15, -0.1) is 0 Å². The number of imide groups is 1. The number of methoxy groups -OCH3 is 1. The fraction of sp³-hybridized carbons (Fsp3) is 0.353. The Balaban J connectivity index is 1.66. The van der Waals surface area contributed by atoms with Crippen molar-refractivity contribution in [1.29, 1.82) is 0 Å². The van der Waals surface area contributed by atoms with E-state index >= 15 is 0 Å². The van der Waals surface area contributed by atoms with Gasteiger partial charge in [0.15, 0.2) is 0 Å². The van der Waals surface area contributed by atoms with Gasteiger partial charge in [-0.25, -0.2) is 0 Å². The van der Waals surface area contributed by atoms with Gasteiger partial charge in [0.25, 0.3) is 0 Å². The van der Waals surface area contributed by atoms with E-state index in [0.29, 0.717) is 24.3 Å². The van der Waals surface area contributed by atoms with E-state index < -0.39 is 5.91 Å². The molecule has 2 atom stereocenters. The maximum Gasteiger partial charge on any atom is 0.244 e. The second kappa shape index (κ2) is 6.24. The zero-order valence-corrected chi connectivity index (χ0v) is 12.8. The summed E-state index contributed by atoms with van der Waals surface area (Å²) in [6, 6.07) is 6.91. The molecule has 1 fully saturated rings. The number of rotatable bonds is 4. The second-order valence-corrected chi connectivity index (χ2v) is 5.70. The summed E-state index contributed by atoms with van der Waals surface area (Å²) in [6.07, 6.45) is 4.99. The third-order valence-corrected chi connectivity index (χ3v) is 4.25. The number of nitrogens with zero attached hydrogens (tertiary/aromatic N) is 1.